The lowest BCUT2D eigenvalue weighted by atomic mass is 10.2. The van der Waals surface area contributed by atoms with Crippen LogP contribution in [0.25, 0.3) is 0 Å². The minimum atomic E-state index is -3.78. The van der Waals surface area contributed by atoms with E-state index in [0.717, 1.165) is 0 Å². The smallest absolute Gasteiger partial charge is 0.261 e. The van der Waals surface area contributed by atoms with Crippen LogP contribution in [-0.4, -0.2) is 8.42 Å². The Morgan fingerprint density at radius 3 is 2.33 bits per heavy atom. The van der Waals surface area contributed by atoms with E-state index in [1.54, 1.807) is 36.4 Å². The number of nitrogens with zero attached hydrogens (tertiary/aromatic N) is 1. The van der Waals surface area contributed by atoms with Crippen LogP contribution in [0.15, 0.2) is 71.6 Å². The monoisotopic (exact) mass is 418 g/mol. The van der Waals surface area contributed by atoms with Crippen molar-refractivity contribution in [3.8, 4) is 17.6 Å². The molecule has 0 aliphatic carbocycles. The Labute approximate surface area is 166 Å². The molecule has 1 N–H and O–H groups in total. The number of sulfonamides is 1. The fourth-order valence-corrected chi connectivity index (χ4v) is 3.73. The number of hydrogen-bond donors (Lipinski definition) is 1. The molecule has 0 aliphatic heterocycles. The Morgan fingerprint density at radius 1 is 0.963 bits per heavy atom. The van der Waals surface area contributed by atoms with Gasteiger partial charge >= 0.3 is 0 Å². The van der Waals surface area contributed by atoms with Crippen molar-refractivity contribution >= 4 is 38.9 Å². The van der Waals surface area contributed by atoms with Gasteiger partial charge in [-0.2, -0.15) is 5.26 Å². The van der Waals surface area contributed by atoms with Gasteiger partial charge in [0.25, 0.3) is 10.0 Å². The third kappa shape index (κ3) is 4.52. The zero-order valence-electron chi connectivity index (χ0n) is 13.7. The molecule has 136 valence electrons. The molecule has 8 heteroatoms. The second-order valence-corrected chi connectivity index (χ2v) is 7.94. The molecule has 5 nitrogen and oxygen atoms in total. The van der Waals surface area contributed by atoms with Crippen molar-refractivity contribution in [3.63, 3.8) is 0 Å². The minimum Gasteiger partial charge on any atom is -0.456 e. The van der Waals surface area contributed by atoms with Crippen molar-refractivity contribution in [2.75, 3.05) is 4.72 Å². The molecule has 0 aliphatic rings. The van der Waals surface area contributed by atoms with Crippen molar-refractivity contribution in [1.82, 2.24) is 0 Å². The summed E-state index contributed by atoms with van der Waals surface area (Å²) in [6.45, 7) is 0. The zero-order chi connectivity index (χ0) is 19.4. The summed E-state index contributed by atoms with van der Waals surface area (Å²) in [5, 5.41) is 9.88. The van der Waals surface area contributed by atoms with Crippen molar-refractivity contribution in [1.29, 1.82) is 5.26 Å². The molecule has 0 amide bonds. The highest BCUT2D eigenvalue weighted by atomic mass is 35.5. The van der Waals surface area contributed by atoms with Crippen LogP contribution in [0, 0.1) is 11.3 Å². The molecule has 0 fully saturated rings. The SMILES string of the molecule is N#Cc1c(Cl)cccc1Oc1ccc(S(=O)(=O)Nc2cccc(Cl)c2)cc1. The van der Waals surface area contributed by atoms with Gasteiger partial charge in [-0.3, -0.25) is 4.72 Å². The third-order valence-electron chi connectivity index (χ3n) is 3.53. The first-order valence-corrected chi connectivity index (χ1v) is 9.88. The van der Waals surface area contributed by atoms with E-state index < -0.39 is 10.0 Å². The summed E-state index contributed by atoms with van der Waals surface area (Å²) < 4.78 is 33.0. The molecule has 3 rings (SSSR count). The van der Waals surface area contributed by atoms with E-state index in [1.165, 1.54) is 30.3 Å². The van der Waals surface area contributed by atoms with Gasteiger partial charge in [-0.05, 0) is 54.6 Å². The molecule has 0 spiro atoms. The Morgan fingerprint density at radius 2 is 1.67 bits per heavy atom. The average molecular weight is 419 g/mol. The van der Waals surface area contributed by atoms with E-state index in [9.17, 15) is 13.7 Å². The molecular formula is C19H12Cl2N2O3S. The van der Waals surface area contributed by atoms with Crippen LogP contribution in [0.1, 0.15) is 5.56 Å². The largest absolute Gasteiger partial charge is 0.456 e. The summed E-state index contributed by atoms with van der Waals surface area (Å²) in [7, 11) is -3.78. The summed E-state index contributed by atoms with van der Waals surface area (Å²) in [5.41, 5.74) is 0.568. The quantitative estimate of drug-likeness (QED) is 0.596. The van der Waals surface area contributed by atoms with Crippen molar-refractivity contribution in [2.24, 2.45) is 0 Å². The molecule has 3 aromatic carbocycles. The maximum absolute atomic E-state index is 12.5. The van der Waals surface area contributed by atoms with E-state index >= 15 is 0 Å². The van der Waals surface area contributed by atoms with E-state index in [0.29, 0.717) is 16.5 Å². The molecular weight excluding hydrogens is 407 g/mol. The van der Waals surface area contributed by atoms with Gasteiger partial charge in [-0.1, -0.05) is 35.3 Å². The van der Waals surface area contributed by atoms with Crippen LogP contribution >= 0.6 is 23.2 Å². The number of rotatable bonds is 5. The van der Waals surface area contributed by atoms with Gasteiger partial charge in [-0.15, -0.1) is 0 Å². The highest BCUT2D eigenvalue weighted by molar-refractivity contribution is 7.92. The third-order valence-corrected chi connectivity index (χ3v) is 5.47. The van der Waals surface area contributed by atoms with Crippen LogP contribution in [0.3, 0.4) is 0 Å². The predicted octanol–water partition coefficient (Wildman–Crippen LogP) is 5.46. The molecule has 0 heterocycles. The normalized spacial score (nSPS) is 10.9. The molecule has 0 saturated carbocycles. The van der Waals surface area contributed by atoms with Crippen molar-refractivity contribution < 1.29 is 13.2 Å². The molecule has 0 saturated heterocycles. The Hall–Kier alpha value is -2.72. The fraction of sp³-hybridized carbons (Fsp3) is 0. The van der Waals surface area contributed by atoms with Crippen LogP contribution in [0.2, 0.25) is 10.0 Å². The minimum absolute atomic E-state index is 0.0569. The van der Waals surface area contributed by atoms with Crippen LogP contribution in [0.5, 0.6) is 11.5 Å². The van der Waals surface area contributed by atoms with Gasteiger partial charge < -0.3 is 4.74 Å². The maximum atomic E-state index is 12.5. The lowest BCUT2D eigenvalue weighted by molar-refractivity contribution is 0.480. The summed E-state index contributed by atoms with van der Waals surface area (Å²) in [6.07, 6.45) is 0. The second-order valence-electron chi connectivity index (χ2n) is 5.41. The van der Waals surface area contributed by atoms with Gasteiger partial charge in [0.15, 0.2) is 0 Å². The fourth-order valence-electron chi connectivity index (χ4n) is 2.28. The first kappa shape index (κ1) is 19.1. The molecule has 0 atom stereocenters. The lowest BCUT2D eigenvalue weighted by Gasteiger charge is -2.11. The predicted molar refractivity (Wildman–Crippen MR) is 105 cm³/mol. The first-order chi connectivity index (χ1) is 12.9. The molecule has 0 unspecified atom stereocenters. The van der Waals surface area contributed by atoms with Gasteiger partial charge in [0.2, 0.25) is 0 Å². The van der Waals surface area contributed by atoms with Gasteiger partial charge in [-0.25, -0.2) is 8.42 Å². The number of benzene rings is 3. The van der Waals surface area contributed by atoms with E-state index in [1.807, 2.05) is 6.07 Å². The number of ether oxygens (including phenoxy) is 1. The maximum Gasteiger partial charge on any atom is 0.261 e. The molecule has 27 heavy (non-hydrogen) atoms. The number of hydrogen-bond acceptors (Lipinski definition) is 4. The molecule has 0 radical (unpaired) electrons. The summed E-state index contributed by atoms with van der Waals surface area (Å²) >= 11 is 11.8. The number of halogens is 2. The Balaban J connectivity index is 1.81. The van der Waals surface area contributed by atoms with E-state index in [-0.39, 0.29) is 21.2 Å². The number of nitriles is 1. The summed E-state index contributed by atoms with van der Waals surface area (Å²) in [4.78, 5) is 0.0569. The highest BCUT2D eigenvalue weighted by Gasteiger charge is 2.15. The van der Waals surface area contributed by atoms with Crippen LogP contribution in [0.4, 0.5) is 5.69 Å². The number of anilines is 1. The van der Waals surface area contributed by atoms with Gasteiger partial charge in [0.05, 0.1) is 15.6 Å². The standard InChI is InChI=1S/C19H12Cl2N2O3S/c20-13-3-1-4-14(11-13)23-27(24,25)16-9-7-15(8-10-16)26-19-6-2-5-18(21)17(19)12-22/h1-11,23H. The van der Waals surface area contributed by atoms with Crippen molar-refractivity contribution in [2.45, 2.75) is 4.90 Å². The second kappa shape index (κ2) is 7.89. The zero-order valence-corrected chi connectivity index (χ0v) is 16.0. The van der Waals surface area contributed by atoms with Crippen LogP contribution < -0.4 is 9.46 Å². The van der Waals surface area contributed by atoms with Gasteiger partial charge in [0, 0.05) is 5.02 Å². The van der Waals surface area contributed by atoms with E-state index in [4.69, 9.17) is 27.9 Å². The van der Waals surface area contributed by atoms with Crippen LogP contribution in [-0.2, 0) is 10.0 Å². The molecule has 0 aromatic heterocycles. The topological polar surface area (TPSA) is 79.2 Å². The summed E-state index contributed by atoms with van der Waals surface area (Å²) in [5.74, 6) is 0.660. The van der Waals surface area contributed by atoms with E-state index in [2.05, 4.69) is 4.72 Å². The Bertz CT molecular complexity index is 1120. The highest BCUT2D eigenvalue weighted by Crippen LogP contribution is 2.30. The summed E-state index contributed by atoms with van der Waals surface area (Å²) in [6, 6.07) is 19.0. The van der Waals surface area contributed by atoms with Gasteiger partial charge in [0.1, 0.15) is 23.1 Å². The average Bonchev–Trinajstić information content (AvgIpc) is 2.62. The Kier molecular flexibility index (Phi) is 5.57. The molecule has 3 aromatic rings. The number of nitrogens with one attached hydrogen (secondary N) is 1. The first-order valence-electron chi connectivity index (χ1n) is 7.64. The van der Waals surface area contributed by atoms with Crippen molar-refractivity contribution in [3.05, 3.63) is 82.3 Å². The molecule has 0 bridgehead atoms. The lowest BCUT2D eigenvalue weighted by Crippen LogP contribution is -2.12.